The Kier molecular flexibility index (Phi) is 3.15. The Hall–Kier alpha value is -1.63. The number of aliphatic hydroxyl groups is 1. The molecule has 0 heterocycles. The summed E-state index contributed by atoms with van der Waals surface area (Å²) in [7, 11) is 0. The average Bonchev–Trinajstić information content (AvgIpc) is 2.16. The molecule has 0 aromatic heterocycles. The molecule has 0 bridgehead atoms. The fourth-order valence-corrected chi connectivity index (χ4v) is 1.33. The van der Waals surface area contributed by atoms with Crippen molar-refractivity contribution in [2.75, 3.05) is 0 Å². The first-order valence-electron chi connectivity index (χ1n) is 4.40. The number of rotatable bonds is 3. The standard InChI is InChI=1S/C10H8F4O3/c1-9(17,10(13,14)8(15)16)7-5(11)3-2-4-6(7)12/h2-4,17H,1H3,(H,15,16). The topological polar surface area (TPSA) is 57.5 Å². The zero-order valence-electron chi connectivity index (χ0n) is 8.55. The third kappa shape index (κ3) is 1.97. The number of aliphatic carboxylic acids is 1. The van der Waals surface area contributed by atoms with Crippen LogP contribution in [0.2, 0.25) is 0 Å². The molecule has 1 atom stereocenters. The minimum Gasteiger partial charge on any atom is -0.477 e. The summed E-state index contributed by atoms with van der Waals surface area (Å²) < 4.78 is 52.8. The molecule has 0 saturated heterocycles. The van der Waals surface area contributed by atoms with Gasteiger partial charge in [0, 0.05) is 0 Å². The van der Waals surface area contributed by atoms with Gasteiger partial charge in [-0.2, -0.15) is 8.78 Å². The molecule has 0 saturated carbocycles. The largest absolute Gasteiger partial charge is 0.477 e. The fourth-order valence-electron chi connectivity index (χ4n) is 1.33. The van der Waals surface area contributed by atoms with E-state index in [1.165, 1.54) is 0 Å². The lowest BCUT2D eigenvalue weighted by molar-refractivity contribution is -0.208. The van der Waals surface area contributed by atoms with Gasteiger partial charge in [-0.15, -0.1) is 0 Å². The van der Waals surface area contributed by atoms with Gasteiger partial charge in [0.2, 0.25) is 0 Å². The molecule has 0 amide bonds. The van der Waals surface area contributed by atoms with Crippen molar-refractivity contribution in [3.63, 3.8) is 0 Å². The molecule has 1 unspecified atom stereocenters. The molecule has 7 heteroatoms. The van der Waals surface area contributed by atoms with Crippen molar-refractivity contribution in [1.29, 1.82) is 0 Å². The summed E-state index contributed by atoms with van der Waals surface area (Å²) in [4.78, 5) is 10.3. The van der Waals surface area contributed by atoms with E-state index in [0.29, 0.717) is 19.1 Å². The molecule has 1 aromatic carbocycles. The Labute approximate surface area is 93.3 Å². The summed E-state index contributed by atoms with van der Waals surface area (Å²) in [5, 5.41) is 17.7. The molecule has 1 rings (SSSR count). The van der Waals surface area contributed by atoms with Crippen LogP contribution in [0.1, 0.15) is 12.5 Å². The van der Waals surface area contributed by atoms with Crippen LogP contribution < -0.4 is 0 Å². The first kappa shape index (κ1) is 13.4. The Morgan fingerprint density at radius 1 is 1.24 bits per heavy atom. The highest BCUT2D eigenvalue weighted by Crippen LogP contribution is 2.39. The summed E-state index contributed by atoms with van der Waals surface area (Å²) >= 11 is 0. The molecule has 94 valence electrons. The lowest BCUT2D eigenvalue weighted by Gasteiger charge is -2.30. The molecule has 0 aliphatic carbocycles. The third-order valence-electron chi connectivity index (χ3n) is 2.33. The molecule has 0 aliphatic rings. The predicted octanol–water partition coefficient (Wildman–Crippen LogP) is 1.89. The average molecular weight is 252 g/mol. The number of hydrogen-bond donors (Lipinski definition) is 2. The van der Waals surface area contributed by atoms with Gasteiger partial charge in [-0.3, -0.25) is 0 Å². The van der Waals surface area contributed by atoms with Gasteiger partial charge >= 0.3 is 11.9 Å². The van der Waals surface area contributed by atoms with Crippen LogP contribution in [0.25, 0.3) is 0 Å². The Bertz CT molecular complexity index is 437. The van der Waals surface area contributed by atoms with Crippen molar-refractivity contribution in [3.05, 3.63) is 35.4 Å². The maximum Gasteiger partial charge on any atom is 0.378 e. The molecular weight excluding hydrogens is 244 g/mol. The van der Waals surface area contributed by atoms with Crippen molar-refractivity contribution >= 4 is 5.97 Å². The van der Waals surface area contributed by atoms with Crippen LogP contribution in [0.15, 0.2) is 18.2 Å². The fraction of sp³-hybridized carbons (Fsp3) is 0.300. The summed E-state index contributed by atoms with van der Waals surface area (Å²) in [6.07, 6.45) is 0. The van der Waals surface area contributed by atoms with Crippen molar-refractivity contribution in [2.24, 2.45) is 0 Å². The van der Waals surface area contributed by atoms with Crippen LogP contribution in [0.4, 0.5) is 17.6 Å². The van der Waals surface area contributed by atoms with Gasteiger partial charge in [0.05, 0.1) is 5.56 Å². The van der Waals surface area contributed by atoms with E-state index in [0.717, 1.165) is 6.07 Å². The van der Waals surface area contributed by atoms with Crippen LogP contribution in [-0.4, -0.2) is 22.1 Å². The van der Waals surface area contributed by atoms with Gasteiger partial charge in [0.15, 0.2) is 5.60 Å². The van der Waals surface area contributed by atoms with Gasteiger partial charge in [0.25, 0.3) is 0 Å². The monoisotopic (exact) mass is 252 g/mol. The van der Waals surface area contributed by atoms with Crippen LogP contribution in [0.5, 0.6) is 0 Å². The number of halogens is 4. The quantitative estimate of drug-likeness (QED) is 0.808. The summed E-state index contributed by atoms with van der Waals surface area (Å²) in [6.45, 7) is 0.336. The lowest BCUT2D eigenvalue weighted by Crippen LogP contribution is -2.49. The van der Waals surface area contributed by atoms with Crippen LogP contribution in [0.3, 0.4) is 0 Å². The summed E-state index contributed by atoms with van der Waals surface area (Å²) in [5.74, 6) is -10.3. The van der Waals surface area contributed by atoms with Crippen molar-refractivity contribution in [2.45, 2.75) is 18.4 Å². The number of carbonyl (C=O) groups is 1. The Balaban J connectivity index is 3.46. The number of hydrogen-bond acceptors (Lipinski definition) is 2. The lowest BCUT2D eigenvalue weighted by atomic mass is 9.88. The normalized spacial score (nSPS) is 15.4. The highest BCUT2D eigenvalue weighted by Gasteiger charge is 2.58. The second-order valence-corrected chi connectivity index (χ2v) is 3.55. The van der Waals surface area contributed by atoms with Crippen molar-refractivity contribution in [1.82, 2.24) is 0 Å². The number of carboxylic acid groups (broad SMARTS) is 1. The third-order valence-corrected chi connectivity index (χ3v) is 2.33. The molecule has 3 nitrogen and oxygen atoms in total. The zero-order chi connectivity index (χ0) is 13.4. The molecule has 0 spiro atoms. The highest BCUT2D eigenvalue weighted by atomic mass is 19.3. The zero-order valence-corrected chi connectivity index (χ0v) is 8.55. The second kappa shape index (κ2) is 3.99. The van der Waals surface area contributed by atoms with Crippen LogP contribution in [-0.2, 0) is 10.4 Å². The van der Waals surface area contributed by atoms with Gasteiger partial charge in [0.1, 0.15) is 11.6 Å². The van der Waals surface area contributed by atoms with E-state index in [4.69, 9.17) is 5.11 Å². The SMILES string of the molecule is CC(O)(c1c(F)cccc1F)C(F)(F)C(=O)O. The summed E-state index contributed by atoms with van der Waals surface area (Å²) in [5.41, 5.74) is -4.87. The number of benzene rings is 1. The van der Waals surface area contributed by atoms with E-state index in [9.17, 15) is 27.5 Å². The molecule has 0 aliphatic heterocycles. The van der Waals surface area contributed by atoms with Gasteiger partial charge < -0.3 is 10.2 Å². The van der Waals surface area contributed by atoms with E-state index in [2.05, 4.69) is 0 Å². The van der Waals surface area contributed by atoms with Crippen molar-refractivity contribution in [3.8, 4) is 0 Å². The van der Waals surface area contributed by atoms with Gasteiger partial charge in [-0.05, 0) is 19.1 Å². The minimum atomic E-state index is -4.73. The summed E-state index contributed by atoms with van der Waals surface area (Å²) in [6, 6.07) is 2.19. The predicted molar refractivity (Wildman–Crippen MR) is 48.5 cm³/mol. The van der Waals surface area contributed by atoms with Gasteiger partial charge in [-0.1, -0.05) is 6.07 Å². The van der Waals surface area contributed by atoms with E-state index in [1.54, 1.807) is 0 Å². The Morgan fingerprint density at radius 3 is 2.00 bits per heavy atom. The van der Waals surface area contributed by atoms with Crippen LogP contribution >= 0.6 is 0 Å². The minimum absolute atomic E-state index is 0.336. The molecule has 2 N–H and O–H groups in total. The van der Waals surface area contributed by atoms with Crippen molar-refractivity contribution < 1.29 is 32.6 Å². The molecule has 17 heavy (non-hydrogen) atoms. The number of carboxylic acids is 1. The van der Waals surface area contributed by atoms with Crippen LogP contribution in [0, 0.1) is 11.6 Å². The van der Waals surface area contributed by atoms with E-state index in [1.807, 2.05) is 0 Å². The first-order chi connectivity index (χ1) is 7.62. The van der Waals surface area contributed by atoms with E-state index >= 15 is 0 Å². The highest BCUT2D eigenvalue weighted by molar-refractivity contribution is 5.77. The maximum atomic E-state index is 13.2. The molecule has 1 aromatic rings. The first-order valence-corrected chi connectivity index (χ1v) is 4.40. The van der Waals surface area contributed by atoms with E-state index < -0.39 is 34.7 Å². The van der Waals surface area contributed by atoms with Gasteiger partial charge in [-0.25, -0.2) is 13.6 Å². The van der Waals surface area contributed by atoms with E-state index in [-0.39, 0.29) is 0 Å². The second-order valence-electron chi connectivity index (χ2n) is 3.55. The molecular formula is C10H8F4O3. The Morgan fingerprint density at radius 2 is 1.65 bits per heavy atom. The molecule has 0 fully saturated rings. The number of alkyl halides is 2. The smallest absolute Gasteiger partial charge is 0.378 e. The molecule has 0 radical (unpaired) electrons. The maximum absolute atomic E-state index is 13.2.